The number of amides is 2. The molecule has 28 heavy (non-hydrogen) atoms. The van der Waals surface area contributed by atoms with E-state index in [9.17, 15) is 14.4 Å². The second-order valence-electron chi connectivity index (χ2n) is 6.18. The number of rotatable bonds is 7. The third-order valence-corrected chi connectivity index (χ3v) is 5.11. The molecule has 0 unspecified atom stereocenters. The number of nitrogens with one attached hydrogen (secondary N) is 2. The molecule has 0 bridgehead atoms. The number of anilines is 2. The van der Waals surface area contributed by atoms with Crippen LogP contribution in [0.15, 0.2) is 40.9 Å². The Balaban J connectivity index is 1.71. The van der Waals surface area contributed by atoms with Gasteiger partial charge in [0, 0.05) is 27.3 Å². The summed E-state index contributed by atoms with van der Waals surface area (Å²) >= 11 is 9.38. The molecule has 0 spiro atoms. The van der Waals surface area contributed by atoms with E-state index in [0.29, 0.717) is 16.4 Å². The molecule has 0 aliphatic rings. The van der Waals surface area contributed by atoms with Crippen LogP contribution >= 0.6 is 27.5 Å². The lowest BCUT2D eigenvalue weighted by Gasteiger charge is -2.09. The van der Waals surface area contributed by atoms with Gasteiger partial charge in [-0.3, -0.25) is 14.4 Å². The predicted molar refractivity (Wildman–Crippen MR) is 113 cm³/mol. The molecule has 6 nitrogen and oxygen atoms in total. The number of hydrogen-bond acceptors (Lipinski definition) is 4. The number of hydrogen-bond donors (Lipinski definition) is 2. The van der Waals surface area contributed by atoms with Gasteiger partial charge in [-0.25, -0.2) is 0 Å². The number of carbonyl (C=O) groups is 3. The Hall–Kier alpha value is -2.38. The maximum absolute atomic E-state index is 11.9. The minimum Gasteiger partial charge on any atom is -0.456 e. The summed E-state index contributed by atoms with van der Waals surface area (Å²) in [4.78, 5) is 35.5. The van der Waals surface area contributed by atoms with Crippen LogP contribution in [0.25, 0.3) is 0 Å². The summed E-state index contributed by atoms with van der Waals surface area (Å²) in [6.07, 6.45) is -0.187. The van der Waals surface area contributed by atoms with E-state index in [2.05, 4.69) is 26.6 Å². The first-order valence-electron chi connectivity index (χ1n) is 8.52. The molecule has 2 rings (SSSR count). The van der Waals surface area contributed by atoms with Gasteiger partial charge in [-0.2, -0.15) is 0 Å². The van der Waals surface area contributed by atoms with Crippen LogP contribution in [0.4, 0.5) is 11.4 Å². The summed E-state index contributed by atoms with van der Waals surface area (Å²) in [6.45, 7) is 3.34. The summed E-state index contributed by atoms with van der Waals surface area (Å²) in [5, 5.41) is 5.85. The molecule has 0 atom stereocenters. The van der Waals surface area contributed by atoms with Gasteiger partial charge in [-0.05, 0) is 55.3 Å². The highest BCUT2D eigenvalue weighted by Crippen LogP contribution is 2.21. The Labute approximate surface area is 176 Å². The largest absolute Gasteiger partial charge is 0.456 e. The number of esters is 1. The van der Waals surface area contributed by atoms with Crippen molar-refractivity contribution in [2.45, 2.75) is 26.7 Å². The third-order valence-electron chi connectivity index (χ3n) is 3.82. The molecule has 0 radical (unpaired) electrons. The van der Waals surface area contributed by atoms with Crippen molar-refractivity contribution in [2.75, 3.05) is 17.2 Å². The summed E-state index contributed by atoms with van der Waals surface area (Å²) < 4.78 is 5.84. The lowest BCUT2D eigenvalue weighted by molar-refractivity contribution is -0.147. The number of benzene rings is 2. The number of halogens is 2. The molecule has 2 aromatic carbocycles. The molecule has 2 N–H and O–H groups in total. The zero-order valence-electron chi connectivity index (χ0n) is 15.5. The second-order valence-corrected chi connectivity index (χ2v) is 7.45. The van der Waals surface area contributed by atoms with Crippen LogP contribution in [0.3, 0.4) is 0 Å². The molecular formula is C20H20BrClN2O4. The fourth-order valence-corrected chi connectivity index (χ4v) is 2.67. The quantitative estimate of drug-likeness (QED) is 0.582. The summed E-state index contributed by atoms with van der Waals surface area (Å²) in [7, 11) is 0. The number of aryl methyl sites for hydroxylation is 2. The molecule has 2 aromatic rings. The van der Waals surface area contributed by atoms with Gasteiger partial charge in [0.2, 0.25) is 5.91 Å². The highest BCUT2D eigenvalue weighted by atomic mass is 79.9. The van der Waals surface area contributed by atoms with E-state index in [1.807, 2.05) is 19.9 Å². The van der Waals surface area contributed by atoms with Crippen LogP contribution in [-0.4, -0.2) is 24.4 Å². The first-order chi connectivity index (χ1) is 13.2. The van der Waals surface area contributed by atoms with E-state index in [1.54, 1.807) is 30.3 Å². The predicted octanol–water partition coefficient (Wildman–Crippen LogP) is 4.62. The highest BCUT2D eigenvalue weighted by molar-refractivity contribution is 9.10. The lowest BCUT2D eigenvalue weighted by Crippen LogP contribution is -2.21. The highest BCUT2D eigenvalue weighted by Gasteiger charge is 2.11. The normalized spacial score (nSPS) is 10.3. The van der Waals surface area contributed by atoms with Gasteiger partial charge >= 0.3 is 5.97 Å². The second kappa shape index (κ2) is 10.2. The first-order valence-corrected chi connectivity index (χ1v) is 9.69. The van der Waals surface area contributed by atoms with Gasteiger partial charge < -0.3 is 15.4 Å². The molecule has 0 aliphatic carbocycles. The Morgan fingerprint density at radius 2 is 1.57 bits per heavy atom. The Morgan fingerprint density at radius 1 is 0.929 bits per heavy atom. The SMILES string of the molecule is Cc1ccc(NC(=O)CCC(=O)OCC(=O)Nc2ccc(Br)c(C)c2)cc1Cl. The van der Waals surface area contributed by atoms with Gasteiger partial charge in [0.05, 0.1) is 6.42 Å². The average molecular weight is 468 g/mol. The van der Waals surface area contributed by atoms with Crippen molar-refractivity contribution in [2.24, 2.45) is 0 Å². The topological polar surface area (TPSA) is 84.5 Å². The number of carbonyl (C=O) groups excluding carboxylic acids is 3. The average Bonchev–Trinajstić information content (AvgIpc) is 2.64. The van der Waals surface area contributed by atoms with E-state index in [-0.39, 0.29) is 18.7 Å². The van der Waals surface area contributed by atoms with Crippen LogP contribution in [-0.2, 0) is 19.1 Å². The maximum atomic E-state index is 11.9. The molecule has 0 aliphatic heterocycles. The van der Waals surface area contributed by atoms with Crippen LogP contribution in [0.5, 0.6) is 0 Å². The zero-order chi connectivity index (χ0) is 20.7. The minimum atomic E-state index is -0.626. The van der Waals surface area contributed by atoms with E-state index in [0.717, 1.165) is 15.6 Å². The van der Waals surface area contributed by atoms with E-state index in [4.69, 9.17) is 16.3 Å². The molecule has 8 heteroatoms. The Bertz CT molecular complexity index is 830. The van der Waals surface area contributed by atoms with Crippen molar-refractivity contribution in [1.82, 2.24) is 0 Å². The Kier molecular flexibility index (Phi) is 8.02. The van der Waals surface area contributed by atoms with E-state index < -0.39 is 18.5 Å². The molecule has 2 amide bonds. The van der Waals surface area contributed by atoms with Crippen molar-refractivity contribution < 1.29 is 19.1 Å². The fourth-order valence-electron chi connectivity index (χ4n) is 2.25. The number of ether oxygens (including phenoxy) is 1. The Morgan fingerprint density at radius 3 is 2.25 bits per heavy atom. The molecule has 0 aromatic heterocycles. The van der Waals surface area contributed by atoms with Gasteiger partial charge in [0.25, 0.3) is 5.91 Å². The summed E-state index contributed by atoms with van der Waals surface area (Å²) in [5.41, 5.74) is 3.03. The van der Waals surface area contributed by atoms with Gasteiger partial charge in [-0.15, -0.1) is 0 Å². The minimum absolute atomic E-state index is 0.0577. The molecule has 0 heterocycles. The maximum Gasteiger partial charge on any atom is 0.306 e. The lowest BCUT2D eigenvalue weighted by atomic mass is 10.2. The van der Waals surface area contributed by atoms with Crippen LogP contribution in [0, 0.1) is 13.8 Å². The van der Waals surface area contributed by atoms with Crippen LogP contribution in [0.2, 0.25) is 5.02 Å². The van der Waals surface area contributed by atoms with Gasteiger partial charge in [0.1, 0.15) is 0 Å². The fraction of sp³-hybridized carbons (Fsp3) is 0.250. The van der Waals surface area contributed by atoms with Crippen LogP contribution < -0.4 is 10.6 Å². The zero-order valence-corrected chi connectivity index (χ0v) is 17.8. The molecular weight excluding hydrogens is 448 g/mol. The monoisotopic (exact) mass is 466 g/mol. The van der Waals surface area contributed by atoms with Crippen molar-refractivity contribution in [1.29, 1.82) is 0 Å². The van der Waals surface area contributed by atoms with Crippen molar-refractivity contribution in [3.63, 3.8) is 0 Å². The summed E-state index contributed by atoms with van der Waals surface area (Å²) in [5.74, 6) is -1.42. The summed E-state index contributed by atoms with van der Waals surface area (Å²) in [6, 6.07) is 10.5. The molecule has 0 fully saturated rings. The van der Waals surface area contributed by atoms with Crippen molar-refractivity contribution in [3.8, 4) is 0 Å². The molecule has 0 saturated carbocycles. The third kappa shape index (κ3) is 6.98. The van der Waals surface area contributed by atoms with E-state index in [1.165, 1.54) is 0 Å². The molecule has 148 valence electrons. The van der Waals surface area contributed by atoms with Gasteiger partial charge in [-0.1, -0.05) is 33.6 Å². The van der Waals surface area contributed by atoms with Gasteiger partial charge in [0.15, 0.2) is 6.61 Å². The standard InChI is InChI=1S/C20H20BrClN2O4/c1-12-3-4-15(10-17(12)22)23-18(25)7-8-20(27)28-11-19(26)24-14-5-6-16(21)13(2)9-14/h3-6,9-10H,7-8,11H2,1-2H3,(H,23,25)(H,24,26). The molecule has 0 saturated heterocycles. The van der Waals surface area contributed by atoms with Crippen LogP contribution in [0.1, 0.15) is 24.0 Å². The smallest absolute Gasteiger partial charge is 0.306 e. The van der Waals surface area contributed by atoms with E-state index >= 15 is 0 Å². The van der Waals surface area contributed by atoms with Crippen molar-refractivity contribution >= 4 is 56.7 Å². The first kappa shape index (κ1) is 21.9. The van der Waals surface area contributed by atoms with Crippen molar-refractivity contribution in [3.05, 3.63) is 57.0 Å².